The first kappa shape index (κ1) is 12.4. The number of hydrogen-bond acceptors (Lipinski definition) is 3. The Kier molecular flexibility index (Phi) is 4.42. The molecule has 1 saturated carbocycles. The SMILES string of the molecule is CCOCCCn1ccnc1NCC1CC1C. The van der Waals surface area contributed by atoms with Gasteiger partial charge >= 0.3 is 0 Å². The van der Waals surface area contributed by atoms with Gasteiger partial charge in [-0.1, -0.05) is 6.92 Å². The second-order valence-corrected chi connectivity index (χ2v) is 4.85. The van der Waals surface area contributed by atoms with Crippen LogP contribution in [0.15, 0.2) is 12.4 Å². The molecule has 1 aliphatic rings. The van der Waals surface area contributed by atoms with Crippen molar-refractivity contribution in [1.82, 2.24) is 9.55 Å². The van der Waals surface area contributed by atoms with Crippen molar-refractivity contribution in [2.45, 2.75) is 33.2 Å². The molecule has 0 bridgehead atoms. The number of ether oxygens (including phenoxy) is 1. The van der Waals surface area contributed by atoms with E-state index < -0.39 is 0 Å². The van der Waals surface area contributed by atoms with E-state index in [4.69, 9.17) is 4.74 Å². The lowest BCUT2D eigenvalue weighted by atomic mass is 10.3. The lowest BCUT2D eigenvalue weighted by Gasteiger charge is -2.09. The highest BCUT2D eigenvalue weighted by molar-refractivity contribution is 5.26. The van der Waals surface area contributed by atoms with E-state index in [-0.39, 0.29) is 0 Å². The van der Waals surface area contributed by atoms with Crippen molar-refractivity contribution in [3.8, 4) is 0 Å². The minimum atomic E-state index is 0.800. The molecule has 0 amide bonds. The van der Waals surface area contributed by atoms with E-state index in [2.05, 4.69) is 21.8 Å². The van der Waals surface area contributed by atoms with Crippen LogP contribution in [-0.4, -0.2) is 29.3 Å². The number of imidazole rings is 1. The van der Waals surface area contributed by atoms with Crippen LogP contribution in [0.2, 0.25) is 0 Å². The molecule has 1 aliphatic carbocycles. The fourth-order valence-corrected chi connectivity index (χ4v) is 2.04. The summed E-state index contributed by atoms with van der Waals surface area (Å²) in [4.78, 5) is 4.35. The first-order chi connectivity index (χ1) is 8.31. The van der Waals surface area contributed by atoms with Crippen LogP contribution in [0, 0.1) is 11.8 Å². The Hall–Kier alpha value is -1.03. The molecule has 0 aliphatic heterocycles. The van der Waals surface area contributed by atoms with E-state index >= 15 is 0 Å². The molecular weight excluding hydrogens is 214 g/mol. The smallest absolute Gasteiger partial charge is 0.202 e. The summed E-state index contributed by atoms with van der Waals surface area (Å²) < 4.78 is 7.51. The zero-order valence-electron chi connectivity index (χ0n) is 10.9. The van der Waals surface area contributed by atoms with Crippen molar-refractivity contribution in [3.05, 3.63) is 12.4 Å². The molecule has 1 aromatic heterocycles. The molecule has 4 nitrogen and oxygen atoms in total. The molecule has 1 N–H and O–H groups in total. The van der Waals surface area contributed by atoms with Crippen LogP contribution in [0.5, 0.6) is 0 Å². The van der Waals surface area contributed by atoms with Gasteiger partial charge in [-0.15, -0.1) is 0 Å². The van der Waals surface area contributed by atoms with Crippen LogP contribution in [0.1, 0.15) is 26.7 Å². The van der Waals surface area contributed by atoms with E-state index in [1.165, 1.54) is 6.42 Å². The Balaban J connectivity index is 1.71. The summed E-state index contributed by atoms with van der Waals surface area (Å²) in [5.41, 5.74) is 0. The van der Waals surface area contributed by atoms with Crippen molar-refractivity contribution < 1.29 is 4.74 Å². The van der Waals surface area contributed by atoms with Crippen LogP contribution >= 0.6 is 0 Å². The fourth-order valence-electron chi connectivity index (χ4n) is 2.04. The molecule has 0 radical (unpaired) electrons. The van der Waals surface area contributed by atoms with E-state index in [0.29, 0.717) is 0 Å². The van der Waals surface area contributed by atoms with Crippen molar-refractivity contribution in [2.24, 2.45) is 11.8 Å². The van der Waals surface area contributed by atoms with Crippen molar-refractivity contribution in [3.63, 3.8) is 0 Å². The Morgan fingerprint density at radius 1 is 1.59 bits per heavy atom. The van der Waals surface area contributed by atoms with E-state index in [1.807, 2.05) is 19.3 Å². The second kappa shape index (κ2) is 6.05. The molecule has 0 spiro atoms. The topological polar surface area (TPSA) is 39.1 Å². The largest absolute Gasteiger partial charge is 0.382 e. The molecule has 2 rings (SSSR count). The quantitative estimate of drug-likeness (QED) is 0.706. The highest BCUT2D eigenvalue weighted by Crippen LogP contribution is 2.37. The Bertz CT molecular complexity index is 337. The van der Waals surface area contributed by atoms with Gasteiger partial charge in [0, 0.05) is 38.7 Å². The van der Waals surface area contributed by atoms with Gasteiger partial charge in [-0.2, -0.15) is 0 Å². The van der Waals surface area contributed by atoms with E-state index in [9.17, 15) is 0 Å². The third-order valence-corrected chi connectivity index (χ3v) is 3.41. The van der Waals surface area contributed by atoms with Gasteiger partial charge in [0.1, 0.15) is 0 Å². The predicted molar refractivity (Wildman–Crippen MR) is 69.1 cm³/mol. The summed E-state index contributed by atoms with van der Waals surface area (Å²) in [5.74, 6) is 2.74. The minimum Gasteiger partial charge on any atom is -0.382 e. The van der Waals surface area contributed by atoms with Gasteiger partial charge in [0.05, 0.1) is 0 Å². The van der Waals surface area contributed by atoms with Crippen LogP contribution < -0.4 is 5.32 Å². The van der Waals surface area contributed by atoms with Gasteiger partial charge in [-0.05, 0) is 31.6 Å². The van der Waals surface area contributed by atoms with Crippen LogP contribution in [0.4, 0.5) is 5.95 Å². The van der Waals surface area contributed by atoms with E-state index in [1.54, 1.807) is 0 Å². The lowest BCUT2D eigenvalue weighted by molar-refractivity contribution is 0.142. The Labute approximate surface area is 103 Å². The highest BCUT2D eigenvalue weighted by Gasteiger charge is 2.32. The molecule has 2 atom stereocenters. The summed E-state index contributed by atoms with van der Waals surface area (Å²) in [6.45, 7) is 8.00. The molecule has 96 valence electrons. The van der Waals surface area contributed by atoms with Crippen molar-refractivity contribution in [2.75, 3.05) is 25.1 Å². The number of aryl methyl sites for hydroxylation is 1. The van der Waals surface area contributed by atoms with Crippen LogP contribution in [-0.2, 0) is 11.3 Å². The van der Waals surface area contributed by atoms with Gasteiger partial charge in [-0.3, -0.25) is 0 Å². The molecule has 0 saturated heterocycles. The zero-order valence-corrected chi connectivity index (χ0v) is 10.9. The maximum Gasteiger partial charge on any atom is 0.202 e. The number of aromatic nitrogens is 2. The third-order valence-electron chi connectivity index (χ3n) is 3.41. The van der Waals surface area contributed by atoms with Crippen LogP contribution in [0.3, 0.4) is 0 Å². The second-order valence-electron chi connectivity index (χ2n) is 4.85. The molecule has 2 unspecified atom stereocenters. The molecule has 1 aromatic rings. The fraction of sp³-hybridized carbons (Fsp3) is 0.769. The first-order valence-electron chi connectivity index (χ1n) is 6.64. The lowest BCUT2D eigenvalue weighted by Crippen LogP contribution is -2.11. The number of rotatable bonds is 8. The third kappa shape index (κ3) is 3.73. The van der Waals surface area contributed by atoms with Gasteiger partial charge < -0.3 is 14.6 Å². The number of hydrogen-bond donors (Lipinski definition) is 1. The summed E-state index contributed by atoms with van der Waals surface area (Å²) >= 11 is 0. The summed E-state index contributed by atoms with van der Waals surface area (Å²) in [7, 11) is 0. The highest BCUT2D eigenvalue weighted by atomic mass is 16.5. The van der Waals surface area contributed by atoms with Crippen molar-refractivity contribution in [1.29, 1.82) is 0 Å². The number of nitrogens with zero attached hydrogens (tertiary/aromatic N) is 2. The van der Waals surface area contributed by atoms with Gasteiger partial charge in [0.25, 0.3) is 0 Å². The Morgan fingerprint density at radius 3 is 3.12 bits per heavy atom. The van der Waals surface area contributed by atoms with E-state index in [0.717, 1.165) is 50.5 Å². The normalized spacial score (nSPS) is 22.7. The first-order valence-corrected chi connectivity index (χ1v) is 6.64. The maximum absolute atomic E-state index is 5.34. The maximum atomic E-state index is 5.34. The van der Waals surface area contributed by atoms with Gasteiger partial charge in [0.15, 0.2) is 0 Å². The summed E-state index contributed by atoms with van der Waals surface area (Å²) in [5, 5.41) is 3.44. The summed E-state index contributed by atoms with van der Waals surface area (Å²) in [6, 6.07) is 0. The average molecular weight is 237 g/mol. The molecular formula is C13H23N3O. The summed E-state index contributed by atoms with van der Waals surface area (Å²) in [6.07, 6.45) is 6.29. The molecule has 17 heavy (non-hydrogen) atoms. The van der Waals surface area contributed by atoms with Gasteiger partial charge in [-0.25, -0.2) is 4.98 Å². The standard InChI is InChI=1S/C13H23N3O/c1-3-17-8-4-6-16-7-5-14-13(16)15-10-12-9-11(12)2/h5,7,11-12H,3-4,6,8-10H2,1-2H3,(H,14,15). The molecule has 0 aromatic carbocycles. The molecule has 4 heteroatoms. The van der Waals surface area contributed by atoms with Gasteiger partial charge in [0.2, 0.25) is 5.95 Å². The number of nitrogens with one attached hydrogen (secondary N) is 1. The molecule has 1 heterocycles. The monoisotopic (exact) mass is 237 g/mol. The van der Waals surface area contributed by atoms with Crippen LogP contribution in [0.25, 0.3) is 0 Å². The minimum absolute atomic E-state index is 0.800. The average Bonchev–Trinajstić information content (AvgIpc) is 2.86. The molecule has 1 fully saturated rings. The zero-order chi connectivity index (χ0) is 12.1. The van der Waals surface area contributed by atoms with Crippen molar-refractivity contribution >= 4 is 5.95 Å². The Morgan fingerprint density at radius 2 is 2.41 bits per heavy atom. The number of anilines is 1. The predicted octanol–water partition coefficient (Wildman–Crippen LogP) is 2.38.